The van der Waals surface area contributed by atoms with Gasteiger partial charge in [-0.1, -0.05) is 0 Å². The molecule has 144 valence electrons. The number of halogens is 1. The predicted octanol–water partition coefficient (Wildman–Crippen LogP) is 2.31. The molecule has 0 aliphatic carbocycles. The van der Waals surface area contributed by atoms with Gasteiger partial charge in [-0.25, -0.2) is 14.1 Å². The summed E-state index contributed by atoms with van der Waals surface area (Å²) in [6.07, 6.45) is -1.01. The highest BCUT2D eigenvalue weighted by Crippen LogP contribution is 2.29. The van der Waals surface area contributed by atoms with Crippen LogP contribution in [-0.4, -0.2) is 36.3 Å². The number of hydrogen-bond acceptors (Lipinski definition) is 5. The number of carbonyl (C=O) groups excluding carboxylic acids is 4. The van der Waals surface area contributed by atoms with Crippen molar-refractivity contribution in [1.82, 2.24) is 5.32 Å². The number of anilines is 1. The molecule has 2 aromatic rings. The second-order valence-corrected chi connectivity index (χ2v) is 6.12. The Labute approximate surface area is 160 Å². The first-order chi connectivity index (χ1) is 13.3. The van der Waals surface area contributed by atoms with Gasteiger partial charge in [0.2, 0.25) is 0 Å². The SMILES string of the molecule is CCNC(=O)[C@@H](C)OC(=O)c1ccc2c(c1)C(=O)N(c1ccc(F)cc1)C2=O. The number of imide groups is 1. The minimum Gasteiger partial charge on any atom is -0.449 e. The molecule has 28 heavy (non-hydrogen) atoms. The molecule has 7 nitrogen and oxygen atoms in total. The van der Waals surface area contributed by atoms with Gasteiger partial charge in [-0.2, -0.15) is 0 Å². The van der Waals surface area contributed by atoms with Gasteiger partial charge in [0, 0.05) is 6.54 Å². The molecule has 0 bridgehead atoms. The summed E-state index contributed by atoms with van der Waals surface area (Å²) in [5, 5.41) is 2.54. The van der Waals surface area contributed by atoms with Crippen LogP contribution in [0.4, 0.5) is 10.1 Å². The Morgan fingerprint density at radius 1 is 1.07 bits per heavy atom. The van der Waals surface area contributed by atoms with E-state index in [1.807, 2.05) is 0 Å². The summed E-state index contributed by atoms with van der Waals surface area (Å²) in [5.74, 6) is -2.92. The lowest BCUT2D eigenvalue weighted by atomic mass is 10.1. The zero-order chi connectivity index (χ0) is 20.4. The number of nitrogens with zero attached hydrogens (tertiary/aromatic N) is 1. The quantitative estimate of drug-likeness (QED) is 0.631. The number of esters is 1. The van der Waals surface area contributed by atoms with Crippen LogP contribution in [0.25, 0.3) is 0 Å². The number of hydrogen-bond donors (Lipinski definition) is 1. The van der Waals surface area contributed by atoms with Gasteiger partial charge in [-0.3, -0.25) is 14.4 Å². The number of carbonyl (C=O) groups is 4. The van der Waals surface area contributed by atoms with E-state index in [9.17, 15) is 23.6 Å². The molecule has 1 N–H and O–H groups in total. The molecule has 3 rings (SSSR count). The summed E-state index contributed by atoms with van der Waals surface area (Å²) in [5.41, 5.74) is 0.427. The lowest BCUT2D eigenvalue weighted by Crippen LogP contribution is -2.35. The first-order valence-electron chi connectivity index (χ1n) is 8.60. The summed E-state index contributed by atoms with van der Waals surface area (Å²) in [4.78, 5) is 50.1. The van der Waals surface area contributed by atoms with Gasteiger partial charge in [0.1, 0.15) is 5.82 Å². The highest BCUT2D eigenvalue weighted by Gasteiger charge is 2.37. The van der Waals surface area contributed by atoms with Gasteiger partial charge in [0.15, 0.2) is 6.10 Å². The van der Waals surface area contributed by atoms with Crippen LogP contribution in [0.3, 0.4) is 0 Å². The van der Waals surface area contributed by atoms with Crippen LogP contribution in [0.5, 0.6) is 0 Å². The van der Waals surface area contributed by atoms with E-state index in [4.69, 9.17) is 4.74 Å². The maximum Gasteiger partial charge on any atom is 0.338 e. The van der Waals surface area contributed by atoms with Crippen molar-refractivity contribution in [1.29, 1.82) is 0 Å². The fourth-order valence-electron chi connectivity index (χ4n) is 2.79. The lowest BCUT2D eigenvalue weighted by molar-refractivity contribution is -0.128. The van der Waals surface area contributed by atoms with Gasteiger partial charge in [-0.05, 0) is 56.3 Å². The standard InChI is InChI=1S/C20H17FN2O5/c1-3-22-17(24)11(2)28-20(27)12-4-9-15-16(10-12)19(26)23(18(15)25)14-7-5-13(21)6-8-14/h4-11H,3H2,1-2H3,(H,22,24)/t11-/m1/s1. The van der Waals surface area contributed by atoms with Crippen LogP contribution in [-0.2, 0) is 9.53 Å². The first kappa shape index (κ1) is 19.2. The lowest BCUT2D eigenvalue weighted by Gasteiger charge is -2.13. The third-order valence-electron chi connectivity index (χ3n) is 4.21. The van der Waals surface area contributed by atoms with Crippen molar-refractivity contribution < 1.29 is 28.3 Å². The van der Waals surface area contributed by atoms with Crippen LogP contribution in [0.2, 0.25) is 0 Å². The second-order valence-electron chi connectivity index (χ2n) is 6.12. The molecule has 2 aromatic carbocycles. The molecule has 1 atom stereocenters. The normalized spacial score (nSPS) is 13.9. The molecule has 1 heterocycles. The molecule has 1 aliphatic heterocycles. The number of ether oxygens (including phenoxy) is 1. The van der Waals surface area contributed by atoms with E-state index in [1.165, 1.54) is 37.3 Å². The van der Waals surface area contributed by atoms with Gasteiger partial charge < -0.3 is 10.1 Å². The Hall–Kier alpha value is -3.55. The second kappa shape index (κ2) is 7.59. The van der Waals surface area contributed by atoms with Crippen LogP contribution in [0.1, 0.15) is 44.9 Å². The molecule has 0 radical (unpaired) electrons. The molecule has 3 amide bonds. The van der Waals surface area contributed by atoms with E-state index in [-0.39, 0.29) is 22.4 Å². The number of rotatable bonds is 5. The average molecular weight is 384 g/mol. The van der Waals surface area contributed by atoms with E-state index in [1.54, 1.807) is 6.92 Å². The average Bonchev–Trinajstić information content (AvgIpc) is 2.93. The minimum atomic E-state index is -1.01. The number of fused-ring (bicyclic) bond motifs is 1. The minimum absolute atomic E-state index is 0.0365. The van der Waals surface area contributed by atoms with Crippen LogP contribution in [0.15, 0.2) is 42.5 Å². The maximum atomic E-state index is 13.1. The van der Waals surface area contributed by atoms with Gasteiger partial charge >= 0.3 is 5.97 Å². The number of amides is 3. The number of benzene rings is 2. The molecule has 1 aliphatic rings. The van der Waals surface area contributed by atoms with Gasteiger partial charge in [0.25, 0.3) is 17.7 Å². The number of nitrogens with one attached hydrogen (secondary N) is 1. The zero-order valence-corrected chi connectivity index (χ0v) is 15.2. The molecule has 0 unspecified atom stereocenters. The van der Waals surface area contributed by atoms with Gasteiger partial charge in [-0.15, -0.1) is 0 Å². The molecular formula is C20H17FN2O5. The van der Waals surface area contributed by atoms with Crippen molar-refractivity contribution in [2.45, 2.75) is 20.0 Å². The fraction of sp³-hybridized carbons (Fsp3) is 0.200. The predicted molar refractivity (Wildman–Crippen MR) is 97.5 cm³/mol. The smallest absolute Gasteiger partial charge is 0.338 e. The third-order valence-corrected chi connectivity index (χ3v) is 4.21. The Kier molecular flexibility index (Phi) is 5.21. The van der Waals surface area contributed by atoms with Gasteiger partial charge in [0.05, 0.1) is 22.4 Å². The summed E-state index contributed by atoms with van der Waals surface area (Å²) in [7, 11) is 0. The molecule has 0 aromatic heterocycles. The third kappa shape index (κ3) is 3.48. The van der Waals surface area contributed by atoms with Crippen molar-refractivity contribution in [3.63, 3.8) is 0 Å². The number of likely N-dealkylation sites (N-methyl/N-ethyl adjacent to an activating group) is 1. The Bertz CT molecular complexity index is 971. The van der Waals surface area contributed by atoms with E-state index >= 15 is 0 Å². The van der Waals surface area contributed by atoms with Crippen molar-refractivity contribution in [2.75, 3.05) is 11.4 Å². The monoisotopic (exact) mass is 384 g/mol. The molecular weight excluding hydrogens is 367 g/mol. The molecule has 0 spiro atoms. The van der Waals surface area contributed by atoms with E-state index in [2.05, 4.69) is 5.32 Å². The molecule has 0 saturated carbocycles. The van der Waals surface area contributed by atoms with Crippen molar-refractivity contribution in [3.05, 3.63) is 65.0 Å². The summed E-state index contributed by atoms with van der Waals surface area (Å²) in [6, 6.07) is 8.89. The zero-order valence-electron chi connectivity index (χ0n) is 15.2. The topological polar surface area (TPSA) is 92.8 Å². The highest BCUT2D eigenvalue weighted by atomic mass is 19.1. The van der Waals surface area contributed by atoms with Crippen LogP contribution >= 0.6 is 0 Å². The maximum absolute atomic E-state index is 13.1. The summed E-state index contributed by atoms with van der Waals surface area (Å²) >= 11 is 0. The van der Waals surface area contributed by atoms with Crippen molar-refractivity contribution >= 4 is 29.4 Å². The van der Waals surface area contributed by atoms with E-state index < -0.39 is 35.6 Å². The first-order valence-corrected chi connectivity index (χ1v) is 8.60. The van der Waals surface area contributed by atoms with Crippen LogP contribution in [0, 0.1) is 5.82 Å². The Morgan fingerprint density at radius 3 is 2.36 bits per heavy atom. The van der Waals surface area contributed by atoms with Crippen LogP contribution < -0.4 is 10.2 Å². The summed E-state index contributed by atoms with van der Waals surface area (Å²) in [6.45, 7) is 3.57. The van der Waals surface area contributed by atoms with E-state index in [0.29, 0.717) is 6.54 Å². The largest absolute Gasteiger partial charge is 0.449 e. The van der Waals surface area contributed by atoms with Crippen molar-refractivity contribution in [3.8, 4) is 0 Å². The Morgan fingerprint density at radius 2 is 1.71 bits per heavy atom. The van der Waals surface area contributed by atoms with Crippen molar-refractivity contribution in [2.24, 2.45) is 0 Å². The highest BCUT2D eigenvalue weighted by molar-refractivity contribution is 6.34. The molecule has 0 saturated heterocycles. The van der Waals surface area contributed by atoms with E-state index in [0.717, 1.165) is 17.0 Å². The molecule has 0 fully saturated rings. The molecule has 8 heteroatoms. The Balaban J connectivity index is 1.84. The fourth-order valence-corrected chi connectivity index (χ4v) is 2.79. The summed E-state index contributed by atoms with van der Waals surface area (Å²) < 4.78 is 18.2.